The van der Waals surface area contributed by atoms with Crippen molar-refractivity contribution >= 4 is 5.82 Å². The molecular weight excluding hydrogens is 238 g/mol. The Morgan fingerprint density at radius 2 is 1.89 bits per heavy atom. The van der Waals surface area contributed by atoms with E-state index in [1.165, 1.54) is 12.8 Å². The fourth-order valence-electron chi connectivity index (χ4n) is 2.57. The first-order valence-electron chi connectivity index (χ1n) is 7.31. The summed E-state index contributed by atoms with van der Waals surface area (Å²) in [7, 11) is 0. The van der Waals surface area contributed by atoms with E-state index < -0.39 is 0 Å². The topological polar surface area (TPSA) is 38.2 Å². The maximum absolute atomic E-state index is 5.56. The molecule has 0 amide bonds. The van der Waals surface area contributed by atoms with Crippen LogP contribution in [0, 0.1) is 11.8 Å². The van der Waals surface area contributed by atoms with E-state index in [0.29, 0.717) is 6.01 Å². The molecule has 0 unspecified atom stereocenters. The van der Waals surface area contributed by atoms with Gasteiger partial charge in [0.15, 0.2) is 0 Å². The maximum Gasteiger partial charge on any atom is 0.318 e. The molecule has 1 fully saturated rings. The summed E-state index contributed by atoms with van der Waals surface area (Å²) in [5, 5.41) is 0. The monoisotopic (exact) mass is 263 g/mol. The third-order valence-electron chi connectivity index (χ3n) is 3.77. The van der Waals surface area contributed by atoms with Crippen molar-refractivity contribution in [3.05, 3.63) is 12.3 Å². The smallest absolute Gasteiger partial charge is 0.318 e. The molecule has 1 aliphatic heterocycles. The second-order valence-corrected chi connectivity index (χ2v) is 5.93. The normalized spacial score (nSPS) is 17.3. The summed E-state index contributed by atoms with van der Waals surface area (Å²) >= 11 is 0. The lowest BCUT2D eigenvalue weighted by atomic mass is 9.87. The molecule has 1 saturated heterocycles. The zero-order valence-corrected chi connectivity index (χ0v) is 12.5. The van der Waals surface area contributed by atoms with Crippen molar-refractivity contribution in [1.82, 2.24) is 9.97 Å². The van der Waals surface area contributed by atoms with Crippen LogP contribution in [-0.4, -0.2) is 29.2 Å². The predicted molar refractivity (Wildman–Crippen MR) is 77.6 cm³/mol. The van der Waals surface area contributed by atoms with Gasteiger partial charge >= 0.3 is 6.01 Å². The van der Waals surface area contributed by atoms with Crippen LogP contribution in [0.3, 0.4) is 0 Å². The van der Waals surface area contributed by atoms with Gasteiger partial charge in [0.1, 0.15) is 5.82 Å². The summed E-state index contributed by atoms with van der Waals surface area (Å²) in [6.07, 6.45) is 4.40. The Morgan fingerprint density at radius 3 is 2.47 bits per heavy atom. The summed E-state index contributed by atoms with van der Waals surface area (Å²) in [5.74, 6) is 2.63. The third-order valence-corrected chi connectivity index (χ3v) is 3.77. The fourth-order valence-corrected chi connectivity index (χ4v) is 2.57. The fraction of sp³-hybridized carbons (Fsp3) is 0.733. The minimum absolute atomic E-state index is 0.113. The highest BCUT2D eigenvalue weighted by Crippen LogP contribution is 2.27. The van der Waals surface area contributed by atoms with Gasteiger partial charge in [0.2, 0.25) is 0 Å². The number of aromatic nitrogens is 2. The van der Waals surface area contributed by atoms with E-state index in [1.54, 1.807) is 6.20 Å². The average Bonchev–Trinajstić information content (AvgIpc) is 2.38. The molecule has 1 aromatic rings. The molecule has 0 saturated carbocycles. The Hall–Kier alpha value is -1.32. The molecule has 1 aromatic heterocycles. The highest BCUT2D eigenvalue weighted by atomic mass is 16.5. The summed E-state index contributed by atoms with van der Waals surface area (Å²) in [5.41, 5.74) is 0. The van der Waals surface area contributed by atoms with Crippen molar-refractivity contribution in [3.8, 4) is 6.01 Å². The van der Waals surface area contributed by atoms with Crippen molar-refractivity contribution in [2.24, 2.45) is 11.8 Å². The van der Waals surface area contributed by atoms with E-state index in [0.717, 1.165) is 30.7 Å². The van der Waals surface area contributed by atoms with Crippen LogP contribution in [0.1, 0.15) is 40.5 Å². The van der Waals surface area contributed by atoms with Crippen molar-refractivity contribution in [1.29, 1.82) is 0 Å². The van der Waals surface area contributed by atoms with Gasteiger partial charge in [-0.05, 0) is 44.6 Å². The SMILES string of the molecule is CC(C)Oc1nccc(N2CCC(C(C)C)CC2)n1. The summed E-state index contributed by atoms with van der Waals surface area (Å²) in [6, 6.07) is 2.46. The van der Waals surface area contributed by atoms with Crippen LogP contribution in [0.5, 0.6) is 6.01 Å². The van der Waals surface area contributed by atoms with Gasteiger partial charge in [-0.15, -0.1) is 0 Å². The molecule has 2 rings (SSSR count). The molecule has 2 heterocycles. The molecule has 1 aliphatic rings. The number of hydrogen-bond acceptors (Lipinski definition) is 4. The van der Waals surface area contributed by atoms with Gasteiger partial charge in [-0.25, -0.2) is 4.98 Å². The highest BCUT2D eigenvalue weighted by molar-refractivity contribution is 5.38. The minimum atomic E-state index is 0.113. The number of anilines is 1. The van der Waals surface area contributed by atoms with E-state index in [2.05, 4.69) is 28.7 Å². The largest absolute Gasteiger partial charge is 0.461 e. The molecule has 19 heavy (non-hydrogen) atoms. The Morgan fingerprint density at radius 1 is 1.21 bits per heavy atom. The van der Waals surface area contributed by atoms with Gasteiger partial charge < -0.3 is 9.64 Å². The molecule has 0 radical (unpaired) electrons. The first kappa shape index (κ1) is 14.1. The highest BCUT2D eigenvalue weighted by Gasteiger charge is 2.22. The lowest BCUT2D eigenvalue weighted by Crippen LogP contribution is -2.35. The van der Waals surface area contributed by atoms with Crippen LogP contribution in [0.2, 0.25) is 0 Å². The number of rotatable bonds is 4. The van der Waals surface area contributed by atoms with E-state index >= 15 is 0 Å². The first-order chi connectivity index (χ1) is 9.06. The molecule has 4 heteroatoms. The first-order valence-corrected chi connectivity index (χ1v) is 7.31. The van der Waals surface area contributed by atoms with Gasteiger partial charge in [-0.1, -0.05) is 13.8 Å². The van der Waals surface area contributed by atoms with Crippen molar-refractivity contribution in [2.45, 2.75) is 46.6 Å². The Labute approximate surface area is 116 Å². The average molecular weight is 263 g/mol. The minimum Gasteiger partial charge on any atom is -0.461 e. The maximum atomic E-state index is 5.56. The molecule has 0 aromatic carbocycles. The molecule has 4 nitrogen and oxygen atoms in total. The van der Waals surface area contributed by atoms with Crippen molar-refractivity contribution in [2.75, 3.05) is 18.0 Å². The standard InChI is InChI=1S/C15H25N3O/c1-11(2)13-6-9-18(10-7-13)14-5-8-16-15(17-14)19-12(3)4/h5,8,11-13H,6-7,9-10H2,1-4H3. The van der Waals surface area contributed by atoms with Gasteiger partial charge in [-0.2, -0.15) is 4.98 Å². The summed E-state index contributed by atoms with van der Waals surface area (Å²) in [4.78, 5) is 11.0. The van der Waals surface area contributed by atoms with Gasteiger partial charge in [0.25, 0.3) is 0 Å². The second-order valence-electron chi connectivity index (χ2n) is 5.93. The molecule has 0 aliphatic carbocycles. The summed E-state index contributed by atoms with van der Waals surface area (Å²) < 4.78 is 5.56. The second kappa shape index (κ2) is 6.22. The van der Waals surface area contributed by atoms with Gasteiger partial charge in [-0.3, -0.25) is 0 Å². The number of piperidine rings is 1. The van der Waals surface area contributed by atoms with Crippen LogP contribution in [0.15, 0.2) is 12.3 Å². The Bertz CT molecular complexity index is 398. The number of hydrogen-bond donors (Lipinski definition) is 0. The van der Waals surface area contributed by atoms with E-state index in [9.17, 15) is 0 Å². The zero-order valence-electron chi connectivity index (χ0n) is 12.5. The van der Waals surface area contributed by atoms with Crippen LogP contribution in [0.25, 0.3) is 0 Å². The van der Waals surface area contributed by atoms with E-state index in [1.807, 2.05) is 19.9 Å². The Balaban J connectivity index is 1.99. The van der Waals surface area contributed by atoms with Crippen molar-refractivity contribution in [3.63, 3.8) is 0 Å². The summed E-state index contributed by atoms with van der Waals surface area (Å²) in [6.45, 7) is 10.8. The van der Waals surface area contributed by atoms with E-state index in [4.69, 9.17) is 4.74 Å². The van der Waals surface area contributed by atoms with Crippen LogP contribution < -0.4 is 9.64 Å². The van der Waals surface area contributed by atoms with Crippen LogP contribution in [0.4, 0.5) is 5.82 Å². The third kappa shape index (κ3) is 3.82. The molecule has 0 spiro atoms. The molecule has 0 bridgehead atoms. The molecular formula is C15H25N3O. The number of ether oxygens (including phenoxy) is 1. The van der Waals surface area contributed by atoms with E-state index in [-0.39, 0.29) is 6.10 Å². The van der Waals surface area contributed by atoms with Crippen LogP contribution >= 0.6 is 0 Å². The van der Waals surface area contributed by atoms with Crippen LogP contribution in [-0.2, 0) is 0 Å². The van der Waals surface area contributed by atoms with Gasteiger partial charge in [0.05, 0.1) is 6.10 Å². The molecule has 106 valence electrons. The molecule has 0 N–H and O–H groups in total. The molecule has 0 atom stereocenters. The van der Waals surface area contributed by atoms with Gasteiger partial charge in [0, 0.05) is 19.3 Å². The number of nitrogens with zero attached hydrogens (tertiary/aromatic N) is 3. The lowest BCUT2D eigenvalue weighted by molar-refractivity contribution is 0.222. The predicted octanol–water partition coefficient (Wildman–Crippen LogP) is 3.14. The van der Waals surface area contributed by atoms with Crippen molar-refractivity contribution < 1.29 is 4.74 Å². The lowest BCUT2D eigenvalue weighted by Gasteiger charge is -2.34. The zero-order chi connectivity index (χ0) is 13.8. The Kier molecular flexibility index (Phi) is 4.61. The quantitative estimate of drug-likeness (QED) is 0.836.